The Morgan fingerprint density at radius 2 is 1.92 bits per heavy atom. The van der Waals surface area contributed by atoms with E-state index in [1.807, 2.05) is 0 Å². The van der Waals surface area contributed by atoms with Crippen LogP contribution in [0.15, 0.2) is 24.3 Å². The standard InChI is InChI=1S/C12H15N/c1-2-4-11-9(3-1)7-8-12(13-11)10-5-6-10/h1-4,10,12-13H,5-8H2/t12-/m1/s1. The van der Waals surface area contributed by atoms with Crippen molar-refractivity contribution in [1.29, 1.82) is 0 Å². The van der Waals surface area contributed by atoms with Gasteiger partial charge in [0.15, 0.2) is 0 Å². The van der Waals surface area contributed by atoms with Crippen molar-refractivity contribution >= 4 is 5.69 Å². The van der Waals surface area contributed by atoms with Crippen molar-refractivity contribution in [3.8, 4) is 0 Å². The molecule has 2 aliphatic rings. The van der Waals surface area contributed by atoms with Crippen molar-refractivity contribution < 1.29 is 0 Å². The van der Waals surface area contributed by atoms with Crippen molar-refractivity contribution in [3.63, 3.8) is 0 Å². The fourth-order valence-corrected chi connectivity index (χ4v) is 2.31. The van der Waals surface area contributed by atoms with Crippen LogP contribution in [0.2, 0.25) is 0 Å². The first-order chi connectivity index (χ1) is 6.43. The number of anilines is 1. The lowest BCUT2D eigenvalue weighted by molar-refractivity contribution is 0.570. The van der Waals surface area contributed by atoms with Gasteiger partial charge in [-0.25, -0.2) is 0 Å². The molecule has 1 heteroatoms. The molecule has 1 heterocycles. The van der Waals surface area contributed by atoms with E-state index in [-0.39, 0.29) is 0 Å². The molecule has 0 radical (unpaired) electrons. The van der Waals surface area contributed by atoms with Crippen LogP contribution in [0.25, 0.3) is 0 Å². The molecule has 1 aromatic carbocycles. The molecule has 0 spiro atoms. The van der Waals surface area contributed by atoms with E-state index in [9.17, 15) is 0 Å². The average Bonchev–Trinajstić information content (AvgIpc) is 3.00. The summed E-state index contributed by atoms with van der Waals surface area (Å²) >= 11 is 0. The van der Waals surface area contributed by atoms with Gasteiger partial charge in [-0.3, -0.25) is 0 Å². The first kappa shape index (κ1) is 7.43. The average molecular weight is 173 g/mol. The number of hydrogen-bond donors (Lipinski definition) is 1. The predicted octanol–water partition coefficient (Wildman–Crippen LogP) is 2.82. The number of hydrogen-bond acceptors (Lipinski definition) is 1. The van der Waals surface area contributed by atoms with Gasteiger partial charge in [-0.2, -0.15) is 0 Å². The Morgan fingerprint density at radius 1 is 1.08 bits per heavy atom. The molecular weight excluding hydrogens is 158 g/mol. The van der Waals surface area contributed by atoms with Crippen LogP contribution in [-0.4, -0.2) is 6.04 Å². The van der Waals surface area contributed by atoms with E-state index in [1.54, 1.807) is 0 Å². The van der Waals surface area contributed by atoms with Gasteiger partial charge in [-0.1, -0.05) is 18.2 Å². The van der Waals surface area contributed by atoms with Crippen molar-refractivity contribution in [2.24, 2.45) is 5.92 Å². The number of nitrogens with one attached hydrogen (secondary N) is 1. The summed E-state index contributed by atoms with van der Waals surface area (Å²) in [6.45, 7) is 0. The van der Waals surface area contributed by atoms with Gasteiger partial charge in [-0.15, -0.1) is 0 Å². The SMILES string of the molecule is c1ccc2c(c1)CC[C@H](C1CC1)N2. The Hall–Kier alpha value is -0.980. The van der Waals surface area contributed by atoms with Gasteiger partial charge in [0, 0.05) is 11.7 Å². The summed E-state index contributed by atoms with van der Waals surface area (Å²) in [5.74, 6) is 0.980. The molecule has 0 amide bonds. The van der Waals surface area contributed by atoms with Gasteiger partial charge in [0.1, 0.15) is 0 Å². The van der Waals surface area contributed by atoms with Crippen LogP contribution in [0, 0.1) is 5.92 Å². The Balaban J connectivity index is 1.85. The lowest BCUT2D eigenvalue weighted by atomic mass is 9.95. The smallest absolute Gasteiger partial charge is 0.0374 e. The number of para-hydroxylation sites is 1. The van der Waals surface area contributed by atoms with Gasteiger partial charge in [-0.05, 0) is 43.2 Å². The molecule has 68 valence electrons. The maximum Gasteiger partial charge on any atom is 0.0374 e. The minimum absolute atomic E-state index is 0.773. The van der Waals surface area contributed by atoms with Gasteiger partial charge in [0.05, 0.1) is 0 Å². The monoisotopic (exact) mass is 173 g/mol. The number of rotatable bonds is 1. The molecule has 0 saturated heterocycles. The predicted molar refractivity (Wildman–Crippen MR) is 54.9 cm³/mol. The third-order valence-corrected chi connectivity index (χ3v) is 3.27. The van der Waals surface area contributed by atoms with Gasteiger partial charge < -0.3 is 5.32 Å². The van der Waals surface area contributed by atoms with Crippen LogP contribution >= 0.6 is 0 Å². The fourth-order valence-electron chi connectivity index (χ4n) is 2.31. The number of fused-ring (bicyclic) bond motifs is 1. The molecule has 0 aromatic heterocycles. The second-order valence-corrected chi connectivity index (χ2v) is 4.28. The zero-order chi connectivity index (χ0) is 8.67. The first-order valence-electron chi connectivity index (χ1n) is 5.28. The summed E-state index contributed by atoms with van der Waals surface area (Å²) in [4.78, 5) is 0. The summed E-state index contributed by atoms with van der Waals surface area (Å²) in [7, 11) is 0. The maximum absolute atomic E-state index is 3.66. The molecule has 0 bridgehead atoms. The minimum atomic E-state index is 0.773. The largest absolute Gasteiger partial charge is 0.382 e. The van der Waals surface area contributed by atoms with Crippen LogP contribution in [0.4, 0.5) is 5.69 Å². The molecular formula is C12H15N. The summed E-state index contributed by atoms with van der Waals surface area (Å²) in [5, 5.41) is 3.66. The second kappa shape index (κ2) is 2.76. The molecule has 1 aliphatic carbocycles. The van der Waals surface area contributed by atoms with Crippen LogP contribution < -0.4 is 5.32 Å². The third kappa shape index (κ3) is 1.32. The normalized spacial score (nSPS) is 26.3. The Labute approximate surface area is 79.2 Å². The van der Waals surface area contributed by atoms with Crippen molar-refractivity contribution in [2.45, 2.75) is 31.7 Å². The van der Waals surface area contributed by atoms with E-state index in [1.165, 1.54) is 36.9 Å². The lowest BCUT2D eigenvalue weighted by Crippen LogP contribution is -2.27. The summed E-state index contributed by atoms with van der Waals surface area (Å²) in [6.07, 6.45) is 5.49. The highest BCUT2D eigenvalue weighted by Gasteiger charge is 2.32. The topological polar surface area (TPSA) is 12.0 Å². The van der Waals surface area contributed by atoms with Gasteiger partial charge in [0.2, 0.25) is 0 Å². The van der Waals surface area contributed by atoms with Crippen LogP contribution in [0.5, 0.6) is 0 Å². The minimum Gasteiger partial charge on any atom is -0.382 e. The molecule has 1 atom stereocenters. The Morgan fingerprint density at radius 3 is 2.77 bits per heavy atom. The second-order valence-electron chi connectivity index (χ2n) is 4.28. The third-order valence-electron chi connectivity index (χ3n) is 3.27. The van der Waals surface area contributed by atoms with E-state index in [2.05, 4.69) is 29.6 Å². The molecule has 1 aromatic rings. The molecule has 3 rings (SSSR count). The van der Waals surface area contributed by atoms with E-state index >= 15 is 0 Å². The van der Waals surface area contributed by atoms with E-state index in [0.29, 0.717) is 0 Å². The van der Waals surface area contributed by atoms with Gasteiger partial charge >= 0.3 is 0 Å². The van der Waals surface area contributed by atoms with Crippen LogP contribution in [0.3, 0.4) is 0 Å². The van der Waals surface area contributed by atoms with E-state index < -0.39 is 0 Å². The molecule has 1 nitrogen and oxygen atoms in total. The molecule has 1 fully saturated rings. The number of aryl methyl sites for hydroxylation is 1. The summed E-state index contributed by atoms with van der Waals surface area (Å²) < 4.78 is 0. The molecule has 1 N–H and O–H groups in total. The fraction of sp³-hybridized carbons (Fsp3) is 0.500. The Kier molecular flexibility index (Phi) is 1.58. The van der Waals surface area contributed by atoms with E-state index in [0.717, 1.165) is 12.0 Å². The zero-order valence-corrected chi connectivity index (χ0v) is 7.79. The van der Waals surface area contributed by atoms with Gasteiger partial charge in [0.25, 0.3) is 0 Å². The van der Waals surface area contributed by atoms with Crippen LogP contribution in [-0.2, 0) is 6.42 Å². The molecule has 0 unspecified atom stereocenters. The quantitative estimate of drug-likeness (QED) is 0.688. The van der Waals surface area contributed by atoms with Crippen molar-refractivity contribution in [2.75, 3.05) is 5.32 Å². The summed E-state index contributed by atoms with van der Waals surface area (Å²) in [6, 6.07) is 9.49. The molecule has 1 aliphatic heterocycles. The maximum atomic E-state index is 3.66. The van der Waals surface area contributed by atoms with Crippen molar-refractivity contribution in [1.82, 2.24) is 0 Å². The molecule has 13 heavy (non-hydrogen) atoms. The number of benzene rings is 1. The zero-order valence-electron chi connectivity index (χ0n) is 7.79. The van der Waals surface area contributed by atoms with Crippen LogP contribution in [0.1, 0.15) is 24.8 Å². The first-order valence-corrected chi connectivity index (χ1v) is 5.28. The highest BCUT2D eigenvalue weighted by Crippen LogP contribution is 2.38. The highest BCUT2D eigenvalue weighted by atomic mass is 14.9. The summed E-state index contributed by atoms with van der Waals surface area (Å²) in [5.41, 5.74) is 2.88. The lowest BCUT2D eigenvalue weighted by Gasteiger charge is -2.26. The Bertz CT molecular complexity index is 315. The molecule has 1 saturated carbocycles. The highest BCUT2D eigenvalue weighted by molar-refractivity contribution is 5.54. The van der Waals surface area contributed by atoms with E-state index in [4.69, 9.17) is 0 Å². The van der Waals surface area contributed by atoms with Crippen molar-refractivity contribution in [3.05, 3.63) is 29.8 Å².